The molecule has 750 valence electrons. The minimum Gasteiger partial charge on any atom is -0.478 e. The highest BCUT2D eigenvalue weighted by molar-refractivity contribution is 5.98. The molecule has 3 aromatic rings. The maximum atomic E-state index is 14.3. The lowest BCUT2D eigenvalue weighted by Crippen LogP contribution is -2.61. The van der Waals surface area contributed by atoms with Crippen molar-refractivity contribution in [3.63, 3.8) is 0 Å². The number of likely N-dealkylation sites (N-methyl/N-ethyl adjacent to an activating group) is 2. The normalized spacial score (nSPS) is 15.1. The highest BCUT2D eigenvalue weighted by atomic mass is 16.6. The monoisotopic (exact) mass is 1880 g/mol. The van der Waals surface area contributed by atoms with Gasteiger partial charge in [0.2, 0.25) is 53.2 Å². The Morgan fingerprint density at radius 3 is 1.51 bits per heavy atom. The van der Waals surface area contributed by atoms with Gasteiger partial charge in [-0.15, -0.1) is 0 Å². The lowest BCUT2D eigenvalue weighted by Gasteiger charge is -2.45. The molecule has 5 unspecified atom stereocenters. The van der Waals surface area contributed by atoms with Gasteiger partial charge >= 0.3 is 5.97 Å². The average molecular weight is 1880 g/mol. The maximum Gasteiger partial charge on any atom is 0.331 e. The average Bonchev–Trinajstić information content (AvgIpc) is 0.797. The molecule has 2 fully saturated rings. The Morgan fingerprint density at radius 1 is 0.537 bits per heavy atom. The van der Waals surface area contributed by atoms with Gasteiger partial charge in [0.25, 0.3) is 0 Å². The quantitative estimate of drug-likeness (QED) is 0.0162. The largest absolute Gasteiger partial charge is 0.478 e. The Kier molecular flexibility index (Phi) is 53.9. The van der Waals surface area contributed by atoms with E-state index in [1.807, 2.05) is 108 Å². The number of piperidine rings is 1. The van der Waals surface area contributed by atoms with Gasteiger partial charge in [0.1, 0.15) is 18.1 Å². The van der Waals surface area contributed by atoms with Crippen LogP contribution in [0.2, 0.25) is 0 Å². The van der Waals surface area contributed by atoms with E-state index in [2.05, 4.69) is 49.1 Å². The molecule has 1 saturated carbocycles. The summed E-state index contributed by atoms with van der Waals surface area (Å²) in [6.07, 6.45) is 8.75. The number of hydrogen-bond donors (Lipinski definition) is 9. The van der Waals surface area contributed by atoms with Crippen molar-refractivity contribution >= 4 is 70.5 Å². The third-order valence-electron chi connectivity index (χ3n) is 23.9. The SMILES string of the molecule is CNC(C(=O)NC(C(=O)N(C)C(/C=C(\C)C(=O)O)C(C)C)C(C)(C)C)C(C)(C)c1cccc(NC(=O)CNC(=O)C(CCCCN)NC(=O)C(NC(=O)CCOCCOCCOCCOCCOCCOCCOCCOCCOCCOCCOCCOCCOCCC(=O)N2CCC3(CCC(C(=O)NCCC(=O)N4Cc5ccccc5C#Cc5ccccc54)CC3)CC2)C(C)C)c1. The summed E-state index contributed by atoms with van der Waals surface area (Å²) in [6, 6.07) is 18.0. The smallest absolute Gasteiger partial charge is 0.331 e. The number of aliphatic carboxylic acids is 1. The number of nitrogens with one attached hydrogen (secondary N) is 7. The van der Waals surface area contributed by atoms with Crippen LogP contribution in [0.25, 0.3) is 0 Å². The Balaban J connectivity index is 0.659. The van der Waals surface area contributed by atoms with Crippen molar-refractivity contribution in [3.05, 3.63) is 107 Å². The van der Waals surface area contributed by atoms with E-state index in [-0.39, 0.29) is 98.0 Å². The number of anilines is 2. The van der Waals surface area contributed by atoms with Crippen LogP contribution in [0.3, 0.4) is 0 Å². The first-order valence-corrected chi connectivity index (χ1v) is 47.6. The third-order valence-corrected chi connectivity index (χ3v) is 23.9. The van der Waals surface area contributed by atoms with Gasteiger partial charge in [-0.25, -0.2) is 4.79 Å². The van der Waals surface area contributed by atoms with Crippen LogP contribution in [-0.4, -0.2) is 323 Å². The number of nitrogens with two attached hydrogens (primary N) is 1. The Morgan fingerprint density at radius 2 is 1.02 bits per heavy atom. The van der Waals surface area contributed by atoms with Gasteiger partial charge in [-0.2, -0.15) is 0 Å². The zero-order chi connectivity index (χ0) is 97.5. The molecule has 0 bridgehead atoms. The van der Waals surface area contributed by atoms with Crippen molar-refractivity contribution in [2.45, 2.75) is 188 Å². The molecule has 1 saturated heterocycles. The van der Waals surface area contributed by atoms with E-state index >= 15 is 0 Å². The fourth-order valence-corrected chi connectivity index (χ4v) is 15.8. The van der Waals surface area contributed by atoms with Crippen LogP contribution in [0.4, 0.5) is 11.4 Å². The molecule has 0 radical (unpaired) electrons. The number of fused-ring (bicyclic) bond motifs is 2. The van der Waals surface area contributed by atoms with Crippen molar-refractivity contribution in [2.24, 2.45) is 34.3 Å². The third kappa shape index (κ3) is 42.4. The van der Waals surface area contributed by atoms with Gasteiger partial charge in [0, 0.05) is 73.2 Å². The summed E-state index contributed by atoms with van der Waals surface area (Å²) in [5.41, 5.74) is 8.89. The number of unbranched alkanes of at least 4 members (excludes halogenated alkanes) is 1. The van der Waals surface area contributed by atoms with E-state index in [1.165, 1.54) is 11.8 Å². The molecule has 0 aromatic heterocycles. The van der Waals surface area contributed by atoms with Crippen molar-refractivity contribution in [2.75, 3.05) is 229 Å². The number of carboxylic acid groups (broad SMARTS) is 1. The first-order valence-electron chi connectivity index (χ1n) is 47.6. The zero-order valence-corrected chi connectivity index (χ0v) is 81.5. The van der Waals surface area contributed by atoms with E-state index in [4.69, 9.17) is 67.3 Å². The predicted molar refractivity (Wildman–Crippen MR) is 508 cm³/mol. The molecular formula is C99H155N11O24. The van der Waals surface area contributed by atoms with Crippen LogP contribution in [0.5, 0.6) is 0 Å². The number of carbonyl (C=O) groups is 10. The van der Waals surface area contributed by atoms with Crippen LogP contribution >= 0.6 is 0 Å². The number of carbonyl (C=O) groups excluding carboxylic acids is 9. The van der Waals surface area contributed by atoms with Gasteiger partial charge in [-0.3, -0.25) is 43.2 Å². The number of amides is 9. The highest BCUT2D eigenvalue weighted by Crippen LogP contribution is 2.47. The molecule has 1 aliphatic carbocycles. The number of hydrogen-bond acceptors (Lipinski definition) is 25. The summed E-state index contributed by atoms with van der Waals surface area (Å²) in [6.45, 7) is 30.1. The van der Waals surface area contributed by atoms with Gasteiger partial charge < -0.3 is 124 Å². The molecule has 5 atom stereocenters. The maximum absolute atomic E-state index is 14.3. The number of carboxylic acids is 1. The topological polar surface area (TPSA) is 431 Å². The van der Waals surface area contributed by atoms with Crippen LogP contribution in [-0.2, 0) is 121 Å². The molecule has 10 N–H and O–H groups in total. The van der Waals surface area contributed by atoms with Gasteiger partial charge in [-0.05, 0) is 142 Å². The van der Waals surface area contributed by atoms with Crippen LogP contribution in [0.1, 0.15) is 169 Å². The number of para-hydroxylation sites is 1. The number of ether oxygens (including phenoxy) is 13. The summed E-state index contributed by atoms with van der Waals surface area (Å²) in [5.74, 6) is 1.89. The number of rotatable bonds is 68. The second-order valence-corrected chi connectivity index (χ2v) is 36.1. The molecule has 134 heavy (non-hydrogen) atoms. The first-order chi connectivity index (χ1) is 64.4. The molecule has 6 rings (SSSR count). The highest BCUT2D eigenvalue weighted by Gasteiger charge is 2.44. The second kappa shape index (κ2) is 63.5. The standard InChI is InChI=1S/C99H155N11O24/c1-72(2)83(68-74(5)96(120)121)108(12)95(119)90(97(6,7)8)107-94(118)89(101-11)98(9,10)79-23-19-24-80(69-79)104-85(112)70-103-92(116)81(25-17-18-38-100)105-93(117)88(73(3)4)106-84(111)32-42-122-44-46-124-48-50-126-52-54-128-56-58-130-60-62-132-64-66-134-67-65-133-63-61-131-59-57-129-55-53-127-51-49-125-47-45-123-43-33-86(113)109-40-36-99(37-41-109)34-29-77(30-35-99)91(115)102-39-31-87(114)110-71-78-22-14-13-20-75(78)27-28-76-21-15-16-26-82(76)110/h13-16,19-24,26,68-69,72-73,77,81,83,88-90,101H,17-18,25,29-67,70-71,100H2,1-12H3,(H,102,115)(H,103,116)(H,104,112)(H,105,117)(H,106,111)(H,107,118)(H,120,121)/b74-68+. The zero-order valence-electron chi connectivity index (χ0n) is 81.5. The summed E-state index contributed by atoms with van der Waals surface area (Å²) in [4.78, 5) is 139. The summed E-state index contributed by atoms with van der Waals surface area (Å²) >= 11 is 0. The van der Waals surface area contributed by atoms with Crippen molar-refractivity contribution in [1.82, 2.24) is 41.7 Å². The molecule has 1 spiro atoms. The van der Waals surface area contributed by atoms with E-state index in [9.17, 15) is 53.1 Å². The van der Waals surface area contributed by atoms with E-state index in [0.717, 1.165) is 74.0 Å². The summed E-state index contributed by atoms with van der Waals surface area (Å²) in [5, 5.41) is 29.7. The van der Waals surface area contributed by atoms with Crippen molar-refractivity contribution in [1.29, 1.82) is 0 Å². The molecule has 2 aliphatic heterocycles. The fourth-order valence-electron chi connectivity index (χ4n) is 15.8. The molecule has 3 aliphatic rings. The van der Waals surface area contributed by atoms with Gasteiger partial charge in [0.15, 0.2) is 0 Å². The molecular weight excluding hydrogens is 1730 g/mol. The number of nitrogens with zero attached hydrogens (tertiary/aromatic N) is 3. The fraction of sp³-hybridized carbons (Fsp3) is 0.677. The lowest BCUT2D eigenvalue weighted by molar-refractivity contribution is -0.141. The van der Waals surface area contributed by atoms with E-state index in [1.54, 1.807) is 57.1 Å². The summed E-state index contributed by atoms with van der Waals surface area (Å²) < 4.78 is 72.7. The molecule has 3 aromatic carbocycles. The Labute approximate surface area is 793 Å². The Bertz CT molecular complexity index is 4120. The van der Waals surface area contributed by atoms with Gasteiger partial charge in [0.05, 0.1) is 209 Å². The summed E-state index contributed by atoms with van der Waals surface area (Å²) in [7, 11) is 3.24. The molecule has 9 amide bonds. The van der Waals surface area contributed by atoms with Crippen molar-refractivity contribution in [3.8, 4) is 11.8 Å². The van der Waals surface area contributed by atoms with Crippen LogP contribution in [0.15, 0.2) is 84.4 Å². The van der Waals surface area contributed by atoms with Crippen molar-refractivity contribution < 1.29 is 115 Å². The van der Waals surface area contributed by atoms with E-state index in [0.29, 0.717) is 196 Å². The second-order valence-electron chi connectivity index (χ2n) is 36.1. The first kappa shape index (κ1) is 114. The predicted octanol–water partition coefficient (Wildman–Crippen LogP) is 6.65. The van der Waals surface area contributed by atoms with E-state index < -0.39 is 83.1 Å². The minimum absolute atomic E-state index is 0.0180. The van der Waals surface area contributed by atoms with Gasteiger partial charge in [-0.1, -0.05) is 123 Å². The lowest BCUT2D eigenvalue weighted by atomic mass is 9.65. The minimum atomic E-state index is -1.09. The molecule has 35 nitrogen and oxygen atoms in total. The Hall–Kier alpha value is -8.94. The van der Waals surface area contributed by atoms with Crippen LogP contribution in [0, 0.1) is 40.4 Å². The number of likely N-dealkylation sites (tertiary alicyclic amines) is 1. The van der Waals surface area contributed by atoms with Crippen LogP contribution < -0.4 is 47.9 Å². The number of benzene rings is 3. The molecule has 35 heteroatoms. The molecule has 2 heterocycles.